The number of aromatic nitrogens is 2. The zero-order valence-corrected chi connectivity index (χ0v) is 17.4. The van der Waals surface area contributed by atoms with Crippen LogP contribution in [0.4, 0.5) is 5.82 Å². The van der Waals surface area contributed by atoms with Crippen LogP contribution in [0, 0.1) is 19.8 Å². The first-order chi connectivity index (χ1) is 14.0. The number of fused-ring (bicyclic) bond motifs is 3. The summed E-state index contributed by atoms with van der Waals surface area (Å²) in [5, 5.41) is 7.78. The maximum absolute atomic E-state index is 13.3. The van der Waals surface area contributed by atoms with Gasteiger partial charge in [-0.25, -0.2) is 4.98 Å². The summed E-state index contributed by atoms with van der Waals surface area (Å²) in [6.45, 7) is 5.95. The van der Waals surface area contributed by atoms with Gasteiger partial charge in [-0.2, -0.15) is 0 Å². The summed E-state index contributed by atoms with van der Waals surface area (Å²) in [7, 11) is 0. The van der Waals surface area contributed by atoms with Crippen LogP contribution in [0.3, 0.4) is 0 Å². The number of carbonyl (C=O) groups excluding carboxylic acids is 1. The minimum Gasteiger partial charge on any atom is -0.464 e. The molecule has 4 aromatic rings. The highest BCUT2D eigenvalue weighted by molar-refractivity contribution is 7.19. The topological polar surface area (TPSA) is 81.2 Å². The van der Waals surface area contributed by atoms with Crippen molar-refractivity contribution in [2.45, 2.75) is 40.0 Å². The molecule has 1 amide bonds. The molecule has 148 valence electrons. The minimum absolute atomic E-state index is 0.263. The predicted octanol–water partition coefficient (Wildman–Crippen LogP) is 5.54. The maximum Gasteiger partial charge on any atom is 0.259 e. The van der Waals surface area contributed by atoms with E-state index in [1.54, 1.807) is 30.6 Å². The van der Waals surface area contributed by atoms with Crippen LogP contribution in [-0.4, -0.2) is 16.0 Å². The molecule has 1 N–H and O–H groups in total. The zero-order valence-electron chi connectivity index (χ0n) is 16.5. The van der Waals surface area contributed by atoms with E-state index in [4.69, 9.17) is 13.9 Å². The molecule has 0 bridgehead atoms. The van der Waals surface area contributed by atoms with Gasteiger partial charge in [-0.1, -0.05) is 12.1 Å². The Kier molecular flexibility index (Phi) is 4.28. The summed E-state index contributed by atoms with van der Waals surface area (Å²) in [5.74, 6) is 2.11. The second-order valence-electron chi connectivity index (χ2n) is 7.73. The molecule has 5 rings (SSSR count). The van der Waals surface area contributed by atoms with Gasteiger partial charge in [-0.15, -0.1) is 11.3 Å². The fourth-order valence-electron chi connectivity index (χ4n) is 4.14. The molecule has 7 heteroatoms. The molecule has 1 aliphatic rings. The van der Waals surface area contributed by atoms with E-state index in [0.717, 1.165) is 35.0 Å². The molecule has 0 unspecified atom stereocenters. The predicted molar refractivity (Wildman–Crippen MR) is 112 cm³/mol. The quantitative estimate of drug-likeness (QED) is 0.482. The second-order valence-corrected chi connectivity index (χ2v) is 8.82. The van der Waals surface area contributed by atoms with E-state index < -0.39 is 0 Å². The van der Waals surface area contributed by atoms with Gasteiger partial charge in [0.15, 0.2) is 5.82 Å². The molecule has 0 aliphatic heterocycles. The van der Waals surface area contributed by atoms with E-state index in [2.05, 4.69) is 17.4 Å². The van der Waals surface area contributed by atoms with Crippen LogP contribution in [0.1, 0.15) is 45.6 Å². The van der Waals surface area contributed by atoms with Crippen LogP contribution in [0.2, 0.25) is 0 Å². The largest absolute Gasteiger partial charge is 0.464 e. The van der Waals surface area contributed by atoms with E-state index in [0.29, 0.717) is 34.5 Å². The van der Waals surface area contributed by atoms with Crippen molar-refractivity contribution < 1.29 is 13.7 Å². The average molecular weight is 407 g/mol. The lowest BCUT2D eigenvalue weighted by atomic mass is 9.87. The third kappa shape index (κ3) is 3.06. The highest BCUT2D eigenvalue weighted by Crippen LogP contribution is 2.44. The molecule has 4 aromatic heterocycles. The van der Waals surface area contributed by atoms with Crippen molar-refractivity contribution in [1.29, 1.82) is 0 Å². The van der Waals surface area contributed by atoms with E-state index >= 15 is 0 Å². The number of anilines is 1. The van der Waals surface area contributed by atoms with Gasteiger partial charge in [-0.05, 0) is 56.7 Å². The van der Waals surface area contributed by atoms with Gasteiger partial charge in [0.2, 0.25) is 0 Å². The van der Waals surface area contributed by atoms with Crippen molar-refractivity contribution in [1.82, 2.24) is 10.1 Å². The normalized spacial score (nSPS) is 16.2. The Balaban J connectivity index is 1.73. The molecule has 6 nitrogen and oxygen atoms in total. The van der Waals surface area contributed by atoms with Gasteiger partial charge < -0.3 is 14.3 Å². The molecule has 0 fully saturated rings. The molecule has 29 heavy (non-hydrogen) atoms. The molecule has 0 spiro atoms. The minimum atomic E-state index is -0.263. The zero-order chi connectivity index (χ0) is 20.1. The second kappa shape index (κ2) is 6.84. The van der Waals surface area contributed by atoms with Crippen LogP contribution in [-0.2, 0) is 12.8 Å². The third-order valence-electron chi connectivity index (χ3n) is 5.49. The number of aryl methyl sites for hydroxylation is 3. The summed E-state index contributed by atoms with van der Waals surface area (Å²) < 4.78 is 10.9. The first-order valence-electron chi connectivity index (χ1n) is 9.74. The number of nitrogens with one attached hydrogen (secondary N) is 1. The van der Waals surface area contributed by atoms with Gasteiger partial charge >= 0.3 is 0 Å². The van der Waals surface area contributed by atoms with Gasteiger partial charge in [-0.3, -0.25) is 4.79 Å². The summed E-state index contributed by atoms with van der Waals surface area (Å²) in [4.78, 5) is 20.4. The summed E-state index contributed by atoms with van der Waals surface area (Å²) in [6.07, 6.45) is 4.84. The molecule has 0 radical (unpaired) electrons. The molecule has 4 heterocycles. The van der Waals surface area contributed by atoms with Crippen LogP contribution < -0.4 is 5.32 Å². The van der Waals surface area contributed by atoms with Crippen molar-refractivity contribution in [2.24, 2.45) is 5.92 Å². The number of hydrogen-bond acceptors (Lipinski definition) is 6. The highest BCUT2D eigenvalue weighted by Gasteiger charge is 2.29. The number of carbonyl (C=O) groups is 1. The summed E-state index contributed by atoms with van der Waals surface area (Å²) in [5.41, 5.74) is 3.33. The highest BCUT2D eigenvalue weighted by atomic mass is 32.1. The Labute approximate surface area is 171 Å². The van der Waals surface area contributed by atoms with E-state index in [-0.39, 0.29) is 5.91 Å². The number of furan rings is 1. The van der Waals surface area contributed by atoms with E-state index in [1.165, 1.54) is 10.4 Å². The maximum atomic E-state index is 13.3. The monoisotopic (exact) mass is 407 g/mol. The number of hydrogen-bond donors (Lipinski definition) is 1. The lowest BCUT2D eigenvalue weighted by Gasteiger charge is -2.19. The van der Waals surface area contributed by atoms with Crippen molar-refractivity contribution in [3.63, 3.8) is 0 Å². The van der Waals surface area contributed by atoms with Crippen LogP contribution in [0.25, 0.3) is 21.5 Å². The van der Waals surface area contributed by atoms with Crippen molar-refractivity contribution in [3.8, 4) is 11.3 Å². The Morgan fingerprint density at radius 3 is 2.93 bits per heavy atom. The Hall–Kier alpha value is -2.93. The average Bonchev–Trinajstić information content (AvgIpc) is 3.40. The molecule has 1 atom stereocenters. The van der Waals surface area contributed by atoms with Crippen molar-refractivity contribution in [2.75, 3.05) is 5.32 Å². The van der Waals surface area contributed by atoms with E-state index in [1.807, 2.05) is 19.1 Å². The first kappa shape index (κ1) is 18.1. The van der Waals surface area contributed by atoms with Crippen LogP contribution in [0.15, 0.2) is 33.4 Å². The molecular formula is C22H21N3O3S. The number of rotatable bonds is 3. The number of thiophene rings is 1. The summed E-state index contributed by atoms with van der Waals surface area (Å²) in [6, 6.07) is 5.45. The molecular weight excluding hydrogens is 386 g/mol. The van der Waals surface area contributed by atoms with Gasteiger partial charge in [0, 0.05) is 21.9 Å². The number of pyridine rings is 1. The molecule has 1 aliphatic carbocycles. The SMILES string of the molecule is Cc1cc(NC(=O)c2c(C)nc3sc4c(c3c2-c2ccco2)CC[C@@H](C)C4)no1. The smallest absolute Gasteiger partial charge is 0.259 e. The van der Waals surface area contributed by atoms with Crippen molar-refractivity contribution >= 4 is 33.3 Å². The van der Waals surface area contributed by atoms with Gasteiger partial charge in [0.25, 0.3) is 5.91 Å². The lowest BCUT2D eigenvalue weighted by Crippen LogP contribution is -2.16. The molecule has 0 saturated carbocycles. The number of amides is 1. The standard InChI is InChI=1S/C22H21N3O3S/c1-11-6-7-14-16(9-11)29-22-19(14)20(15-5-4-8-27-15)18(13(3)23-22)21(26)24-17-10-12(2)28-25-17/h4-5,8,10-11H,6-7,9H2,1-3H3,(H,24,25,26)/t11-/m1/s1. The molecule has 0 aromatic carbocycles. The Morgan fingerprint density at radius 1 is 1.34 bits per heavy atom. The lowest BCUT2D eigenvalue weighted by molar-refractivity contribution is 0.102. The summed E-state index contributed by atoms with van der Waals surface area (Å²) >= 11 is 1.74. The Morgan fingerprint density at radius 2 is 2.21 bits per heavy atom. The number of nitrogens with zero attached hydrogens (tertiary/aromatic N) is 2. The van der Waals surface area contributed by atoms with Gasteiger partial charge in [0.1, 0.15) is 16.4 Å². The van der Waals surface area contributed by atoms with E-state index in [9.17, 15) is 4.79 Å². The fourth-order valence-corrected chi connectivity index (χ4v) is 5.57. The first-order valence-corrected chi connectivity index (χ1v) is 10.6. The fraction of sp³-hybridized carbons (Fsp3) is 0.318. The third-order valence-corrected chi connectivity index (χ3v) is 6.64. The van der Waals surface area contributed by atoms with Crippen LogP contribution in [0.5, 0.6) is 0 Å². The van der Waals surface area contributed by atoms with Crippen molar-refractivity contribution in [3.05, 3.63) is 51.9 Å². The Bertz CT molecular complexity index is 1220. The van der Waals surface area contributed by atoms with Gasteiger partial charge in [0.05, 0.1) is 17.5 Å². The van der Waals surface area contributed by atoms with Crippen LogP contribution >= 0.6 is 11.3 Å². The molecule has 0 saturated heterocycles.